The third-order valence-electron chi connectivity index (χ3n) is 4.10. The zero-order chi connectivity index (χ0) is 12.8. The highest BCUT2D eigenvalue weighted by Crippen LogP contribution is 2.29. The van der Waals surface area contributed by atoms with E-state index >= 15 is 0 Å². The summed E-state index contributed by atoms with van der Waals surface area (Å²) >= 11 is 0. The lowest BCUT2D eigenvalue weighted by molar-refractivity contribution is 0.275. The summed E-state index contributed by atoms with van der Waals surface area (Å²) in [5.41, 5.74) is 1.16. The smallest absolute Gasteiger partial charge is 0.115 e. The molecule has 0 radical (unpaired) electrons. The van der Waals surface area contributed by atoms with Crippen LogP contribution in [-0.2, 0) is 6.54 Å². The molecule has 1 aliphatic carbocycles. The second-order valence-electron chi connectivity index (χ2n) is 5.76. The number of phenolic OH excluding ortho intramolecular Hbond substituents is 1. The van der Waals surface area contributed by atoms with Crippen molar-refractivity contribution in [2.75, 3.05) is 6.54 Å². The molecule has 0 aliphatic heterocycles. The third kappa shape index (κ3) is 4.34. The maximum absolute atomic E-state index is 9.37. The van der Waals surface area contributed by atoms with Crippen molar-refractivity contribution in [3.05, 3.63) is 29.8 Å². The topological polar surface area (TPSA) is 32.3 Å². The second-order valence-corrected chi connectivity index (χ2v) is 5.76. The molecule has 1 aromatic carbocycles. The van der Waals surface area contributed by atoms with E-state index in [9.17, 15) is 5.11 Å². The lowest BCUT2D eigenvalue weighted by atomic mass is 9.81. The van der Waals surface area contributed by atoms with Gasteiger partial charge in [-0.3, -0.25) is 0 Å². The van der Waals surface area contributed by atoms with Crippen LogP contribution in [0.5, 0.6) is 5.75 Å². The van der Waals surface area contributed by atoms with Crippen LogP contribution in [0.4, 0.5) is 0 Å². The molecule has 0 spiro atoms. The first-order valence-corrected chi connectivity index (χ1v) is 7.22. The molecule has 1 aromatic rings. The first-order valence-electron chi connectivity index (χ1n) is 7.22. The summed E-state index contributed by atoms with van der Waals surface area (Å²) in [6, 6.07) is 7.49. The first-order chi connectivity index (χ1) is 8.74. The van der Waals surface area contributed by atoms with Gasteiger partial charge in [-0.2, -0.15) is 0 Å². The molecule has 2 N–H and O–H groups in total. The van der Waals surface area contributed by atoms with E-state index in [1.807, 2.05) is 12.1 Å². The van der Waals surface area contributed by atoms with Crippen LogP contribution in [0, 0.1) is 11.8 Å². The van der Waals surface area contributed by atoms with E-state index in [-0.39, 0.29) is 0 Å². The summed E-state index contributed by atoms with van der Waals surface area (Å²) in [6.45, 7) is 4.32. The lowest BCUT2D eigenvalue weighted by Gasteiger charge is -2.26. The Kier molecular flexibility index (Phi) is 5.06. The summed E-state index contributed by atoms with van der Waals surface area (Å²) in [7, 11) is 0. The van der Waals surface area contributed by atoms with E-state index in [1.165, 1.54) is 32.1 Å². The molecular formula is C16H25NO. The third-order valence-corrected chi connectivity index (χ3v) is 4.10. The predicted octanol–water partition coefficient (Wildman–Crippen LogP) is 3.70. The zero-order valence-corrected chi connectivity index (χ0v) is 11.4. The Morgan fingerprint density at radius 3 is 2.72 bits per heavy atom. The normalized spacial score (nSPS) is 24.1. The van der Waals surface area contributed by atoms with Gasteiger partial charge in [-0.25, -0.2) is 0 Å². The molecule has 100 valence electrons. The number of hydrogen-bond donors (Lipinski definition) is 2. The van der Waals surface area contributed by atoms with E-state index in [1.54, 1.807) is 6.07 Å². The van der Waals surface area contributed by atoms with Crippen molar-refractivity contribution < 1.29 is 5.11 Å². The molecule has 18 heavy (non-hydrogen) atoms. The van der Waals surface area contributed by atoms with Gasteiger partial charge < -0.3 is 10.4 Å². The van der Waals surface area contributed by atoms with Gasteiger partial charge in [0.2, 0.25) is 0 Å². The van der Waals surface area contributed by atoms with Crippen molar-refractivity contribution in [1.82, 2.24) is 5.32 Å². The molecule has 0 heterocycles. The van der Waals surface area contributed by atoms with Gasteiger partial charge in [0, 0.05) is 6.54 Å². The van der Waals surface area contributed by atoms with Gasteiger partial charge in [0.1, 0.15) is 5.75 Å². The van der Waals surface area contributed by atoms with Gasteiger partial charge in [0.15, 0.2) is 0 Å². The van der Waals surface area contributed by atoms with Crippen LogP contribution in [0.1, 0.15) is 44.6 Å². The average molecular weight is 247 g/mol. The number of hydrogen-bond acceptors (Lipinski definition) is 2. The Bertz CT molecular complexity index is 356. The van der Waals surface area contributed by atoms with Gasteiger partial charge in [0.05, 0.1) is 0 Å². The van der Waals surface area contributed by atoms with Crippen molar-refractivity contribution in [2.45, 2.75) is 45.6 Å². The minimum absolute atomic E-state index is 0.357. The SMILES string of the molecule is CC1CCC(CCNCc2cccc(O)c2)CC1. The molecule has 0 atom stereocenters. The van der Waals surface area contributed by atoms with Crippen molar-refractivity contribution in [3.8, 4) is 5.75 Å². The highest BCUT2D eigenvalue weighted by atomic mass is 16.3. The standard InChI is InChI=1S/C16H25NO/c1-13-5-7-14(8-6-13)9-10-17-12-15-3-2-4-16(18)11-15/h2-4,11,13-14,17-18H,5-10,12H2,1H3. The summed E-state index contributed by atoms with van der Waals surface area (Å²) in [6.07, 6.45) is 6.95. The highest BCUT2D eigenvalue weighted by molar-refractivity contribution is 5.26. The number of nitrogens with one attached hydrogen (secondary N) is 1. The van der Waals surface area contributed by atoms with Gasteiger partial charge in [-0.05, 0) is 42.5 Å². The monoisotopic (exact) mass is 247 g/mol. The largest absolute Gasteiger partial charge is 0.508 e. The van der Waals surface area contributed by atoms with E-state index < -0.39 is 0 Å². The summed E-state index contributed by atoms with van der Waals surface area (Å²) in [5, 5.41) is 12.8. The molecule has 1 fully saturated rings. The lowest BCUT2D eigenvalue weighted by Crippen LogP contribution is -2.20. The molecule has 2 heteroatoms. The summed E-state index contributed by atoms with van der Waals surface area (Å²) in [5.74, 6) is 2.23. The minimum Gasteiger partial charge on any atom is -0.508 e. The fraction of sp³-hybridized carbons (Fsp3) is 0.625. The fourth-order valence-electron chi connectivity index (χ4n) is 2.82. The molecule has 0 amide bonds. The van der Waals surface area contributed by atoms with Gasteiger partial charge in [-0.15, -0.1) is 0 Å². The molecule has 2 rings (SSSR count). The summed E-state index contributed by atoms with van der Waals surface area (Å²) < 4.78 is 0. The van der Waals surface area contributed by atoms with E-state index in [0.717, 1.165) is 30.5 Å². The van der Waals surface area contributed by atoms with Crippen molar-refractivity contribution >= 4 is 0 Å². The Labute approximate surface area is 110 Å². The molecule has 0 aromatic heterocycles. The van der Waals surface area contributed by atoms with Crippen molar-refractivity contribution in [2.24, 2.45) is 11.8 Å². The number of benzene rings is 1. The number of rotatable bonds is 5. The Morgan fingerprint density at radius 2 is 2.00 bits per heavy atom. The van der Waals surface area contributed by atoms with Crippen LogP contribution in [0.15, 0.2) is 24.3 Å². The van der Waals surface area contributed by atoms with E-state index in [4.69, 9.17) is 0 Å². The van der Waals surface area contributed by atoms with Crippen LogP contribution in [-0.4, -0.2) is 11.7 Å². The van der Waals surface area contributed by atoms with Crippen LogP contribution < -0.4 is 5.32 Å². The zero-order valence-electron chi connectivity index (χ0n) is 11.4. The van der Waals surface area contributed by atoms with Gasteiger partial charge >= 0.3 is 0 Å². The van der Waals surface area contributed by atoms with Crippen LogP contribution >= 0.6 is 0 Å². The molecule has 2 nitrogen and oxygen atoms in total. The summed E-state index contributed by atoms with van der Waals surface area (Å²) in [4.78, 5) is 0. The minimum atomic E-state index is 0.357. The molecule has 0 saturated heterocycles. The molecule has 0 unspecified atom stereocenters. The molecule has 1 aliphatic rings. The second kappa shape index (κ2) is 6.79. The molecular weight excluding hydrogens is 222 g/mol. The van der Waals surface area contributed by atoms with Crippen molar-refractivity contribution in [1.29, 1.82) is 0 Å². The predicted molar refractivity (Wildman–Crippen MR) is 75.6 cm³/mol. The first kappa shape index (κ1) is 13.4. The van der Waals surface area contributed by atoms with Crippen molar-refractivity contribution in [3.63, 3.8) is 0 Å². The Balaban J connectivity index is 1.61. The van der Waals surface area contributed by atoms with Crippen LogP contribution in [0.25, 0.3) is 0 Å². The Hall–Kier alpha value is -1.02. The maximum Gasteiger partial charge on any atom is 0.115 e. The fourth-order valence-corrected chi connectivity index (χ4v) is 2.82. The Morgan fingerprint density at radius 1 is 1.22 bits per heavy atom. The quantitative estimate of drug-likeness (QED) is 0.778. The van der Waals surface area contributed by atoms with Crippen LogP contribution in [0.2, 0.25) is 0 Å². The number of aromatic hydroxyl groups is 1. The van der Waals surface area contributed by atoms with Gasteiger partial charge in [-0.1, -0.05) is 44.7 Å². The number of phenols is 1. The average Bonchev–Trinajstić information content (AvgIpc) is 2.37. The highest BCUT2D eigenvalue weighted by Gasteiger charge is 2.17. The maximum atomic E-state index is 9.37. The molecule has 0 bridgehead atoms. The molecule has 1 saturated carbocycles. The van der Waals surface area contributed by atoms with Gasteiger partial charge in [0.25, 0.3) is 0 Å². The van der Waals surface area contributed by atoms with E-state index in [0.29, 0.717) is 5.75 Å². The van der Waals surface area contributed by atoms with E-state index in [2.05, 4.69) is 18.3 Å². The van der Waals surface area contributed by atoms with Crippen LogP contribution in [0.3, 0.4) is 0 Å².